The molecule has 126 valence electrons. The van der Waals surface area contributed by atoms with Crippen LogP contribution in [0.25, 0.3) is 0 Å². The molecule has 1 aromatic rings. The molecule has 0 aromatic heterocycles. The average molecular weight is 325 g/mol. The van der Waals surface area contributed by atoms with Gasteiger partial charge in [-0.1, -0.05) is 51.1 Å². The Hall–Kier alpha value is -0.683. The summed E-state index contributed by atoms with van der Waals surface area (Å²) in [6.07, 6.45) is 1.19. The van der Waals surface area contributed by atoms with Crippen LogP contribution >= 0.6 is 0 Å². The van der Waals surface area contributed by atoms with Gasteiger partial charge in [0.15, 0.2) is 8.32 Å². The second kappa shape index (κ2) is 8.82. The summed E-state index contributed by atoms with van der Waals surface area (Å²) in [5.41, 5.74) is 1.18. The highest BCUT2D eigenvalue weighted by molar-refractivity contribution is 6.74. The van der Waals surface area contributed by atoms with E-state index in [1.807, 2.05) is 18.2 Å². The molecule has 1 rings (SSSR count). The minimum Gasteiger partial charge on any atom is -0.414 e. The molecule has 1 atom stereocenters. The van der Waals surface area contributed by atoms with E-state index in [1.165, 1.54) is 5.56 Å². The Labute approximate surface area is 136 Å². The van der Waals surface area contributed by atoms with E-state index in [1.54, 1.807) is 0 Å². The number of rotatable bonds is 9. The van der Waals surface area contributed by atoms with Crippen LogP contribution in [0.1, 0.15) is 39.2 Å². The first-order valence-electron chi connectivity index (χ1n) is 8.16. The van der Waals surface area contributed by atoms with E-state index >= 15 is 0 Å². The molecule has 0 aliphatic rings. The summed E-state index contributed by atoms with van der Waals surface area (Å²) in [4.78, 5) is 0. The predicted octanol–water partition coefficient (Wildman–Crippen LogP) is 4.37. The summed E-state index contributed by atoms with van der Waals surface area (Å²) in [6, 6.07) is 10.1. The van der Waals surface area contributed by atoms with Crippen molar-refractivity contribution in [2.24, 2.45) is 0 Å². The Morgan fingerprint density at radius 1 is 1.14 bits per heavy atom. The van der Waals surface area contributed by atoms with Gasteiger partial charge in [0, 0.05) is 6.61 Å². The lowest BCUT2D eigenvalue weighted by Gasteiger charge is -2.36. The van der Waals surface area contributed by atoms with Gasteiger partial charge in [0.25, 0.3) is 0 Å². The third-order valence-electron chi connectivity index (χ3n) is 4.38. The lowest BCUT2D eigenvalue weighted by atomic mass is 10.2. The fourth-order valence-electron chi connectivity index (χ4n) is 1.79. The van der Waals surface area contributed by atoms with E-state index in [4.69, 9.17) is 9.16 Å². The Bertz CT molecular complexity index is 412. The minimum atomic E-state index is -1.76. The molecule has 1 N–H and O–H groups in total. The second-order valence-electron chi connectivity index (χ2n) is 7.41. The molecule has 0 unspecified atom stereocenters. The highest BCUT2D eigenvalue weighted by Crippen LogP contribution is 2.36. The van der Waals surface area contributed by atoms with E-state index in [0.29, 0.717) is 19.8 Å². The number of ether oxygens (including phenoxy) is 1. The number of aliphatic hydroxyl groups excluding tert-OH is 1. The summed E-state index contributed by atoms with van der Waals surface area (Å²) < 4.78 is 11.7. The number of hydrogen-bond acceptors (Lipinski definition) is 3. The molecule has 0 spiro atoms. The zero-order valence-corrected chi connectivity index (χ0v) is 15.8. The van der Waals surface area contributed by atoms with Crippen molar-refractivity contribution >= 4 is 8.32 Å². The van der Waals surface area contributed by atoms with Crippen LogP contribution in [0.3, 0.4) is 0 Å². The molecule has 4 heteroatoms. The number of hydrogen-bond donors (Lipinski definition) is 1. The van der Waals surface area contributed by atoms with Crippen molar-refractivity contribution in [3.63, 3.8) is 0 Å². The zero-order chi connectivity index (χ0) is 16.6. The molecule has 0 saturated carbocycles. The van der Waals surface area contributed by atoms with Gasteiger partial charge in [-0.2, -0.15) is 0 Å². The smallest absolute Gasteiger partial charge is 0.192 e. The van der Waals surface area contributed by atoms with Crippen LogP contribution in [0, 0.1) is 0 Å². The van der Waals surface area contributed by atoms with Crippen molar-refractivity contribution in [2.45, 2.75) is 64.5 Å². The Morgan fingerprint density at radius 2 is 1.77 bits per heavy atom. The minimum absolute atomic E-state index is 0.186. The summed E-state index contributed by atoms with van der Waals surface area (Å²) >= 11 is 0. The highest BCUT2D eigenvalue weighted by Gasteiger charge is 2.37. The van der Waals surface area contributed by atoms with Crippen molar-refractivity contribution in [3.05, 3.63) is 35.9 Å². The summed E-state index contributed by atoms with van der Waals surface area (Å²) in [6.45, 7) is 12.8. The van der Waals surface area contributed by atoms with Crippen LogP contribution < -0.4 is 0 Å². The molecule has 0 aliphatic carbocycles. The topological polar surface area (TPSA) is 38.7 Å². The van der Waals surface area contributed by atoms with Crippen LogP contribution in [0.15, 0.2) is 30.3 Å². The third kappa shape index (κ3) is 7.05. The summed E-state index contributed by atoms with van der Waals surface area (Å²) in [5.74, 6) is 0. The van der Waals surface area contributed by atoms with Crippen molar-refractivity contribution in [1.29, 1.82) is 0 Å². The largest absolute Gasteiger partial charge is 0.414 e. The molecular weight excluding hydrogens is 292 g/mol. The van der Waals surface area contributed by atoms with E-state index < -0.39 is 14.4 Å². The quantitative estimate of drug-likeness (QED) is 0.541. The molecular formula is C18H32O3Si. The normalized spacial score (nSPS) is 14.1. The predicted molar refractivity (Wildman–Crippen MR) is 94.5 cm³/mol. The molecule has 1 aromatic carbocycles. The lowest BCUT2D eigenvalue weighted by Crippen LogP contribution is -2.42. The fraction of sp³-hybridized carbons (Fsp3) is 0.667. The molecule has 22 heavy (non-hydrogen) atoms. The van der Waals surface area contributed by atoms with Crippen LogP contribution in [0.4, 0.5) is 0 Å². The Morgan fingerprint density at radius 3 is 2.36 bits per heavy atom. The van der Waals surface area contributed by atoms with Crippen molar-refractivity contribution < 1.29 is 14.3 Å². The molecule has 0 amide bonds. The van der Waals surface area contributed by atoms with Crippen LogP contribution in [-0.4, -0.2) is 32.7 Å². The maximum atomic E-state index is 10.0. The average Bonchev–Trinajstić information content (AvgIpc) is 2.45. The Kier molecular flexibility index (Phi) is 7.76. The molecule has 3 nitrogen and oxygen atoms in total. The van der Waals surface area contributed by atoms with Gasteiger partial charge in [0.2, 0.25) is 0 Å². The first kappa shape index (κ1) is 19.4. The molecule has 0 fully saturated rings. The third-order valence-corrected chi connectivity index (χ3v) is 8.88. The van der Waals surface area contributed by atoms with Crippen molar-refractivity contribution in [1.82, 2.24) is 0 Å². The van der Waals surface area contributed by atoms with Crippen molar-refractivity contribution in [3.8, 4) is 0 Å². The van der Waals surface area contributed by atoms with Gasteiger partial charge in [0.05, 0.1) is 19.3 Å². The van der Waals surface area contributed by atoms with Gasteiger partial charge in [0.1, 0.15) is 0 Å². The first-order chi connectivity index (χ1) is 10.2. The maximum absolute atomic E-state index is 10.0. The molecule has 0 bridgehead atoms. The molecule has 0 aliphatic heterocycles. The lowest BCUT2D eigenvalue weighted by molar-refractivity contribution is 0.0699. The monoisotopic (exact) mass is 324 g/mol. The van der Waals surface area contributed by atoms with Gasteiger partial charge >= 0.3 is 0 Å². The van der Waals surface area contributed by atoms with Gasteiger partial charge in [-0.3, -0.25) is 0 Å². The highest BCUT2D eigenvalue weighted by atomic mass is 28.4. The van der Waals surface area contributed by atoms with E-state index in [-0.39, 0.29) is 5.04 Å². The molecule has 0 saturated heterocycles. The van der Waals surface area contributed by atoms with Gasteiger partial charge in [-0.15, -0.1) is 0 Å². The maximum Gasteiger partial charge on any atom is 0.192 e. The van der Waals surface area contributed by atoms with Gasteiger partial charge in [-0.05, 0) is 36.5 Å². The summed E-state index contributed by atoms with van der Waals surface area (Å²) in [5, 5.41) is 10.2. The second-order valence-corrected chi connectivity index (χ2v) is 12.2. The van der Waals surface area contributed by atoms with Gasteiger partial charge in [-0.25, -0.2) is 0 Å². The SMILES string of the molecule is CC(C)(C)[Si](C)(C)OC[C@@H](O)CCCOCc1ccccc1. The Balaban J connectivity index is 2.12. The number of benzene rings is 1. The zero-order valence-electron chi connectivity index (χ0n) is 14.8. The van der Waals surface area contributed by atoms with Crippen LogP contribution in [0.2, 0.25) is 18.1 Å². The first-order valence-corrected chi connectivity index (χ1v) is 11.1. The molecule has 0 radical (unpaired) electrons. The van der Waals surface area contributed by atoms with Crippen LogP contribution in [0.5, 0.6) is 0 Å². The van der Waals surface area contributed by atoms with E-state index in [2.05, 4.69) is 46.0 Å². The van der Waals surface area contributed by atoms with E-state index in [9.17, 15) is 5.11 Å². The molecule has 0 heterocycles. The van der Waals surface area contributed by atoms with Gasteiger partial charge < -0.3 is 14.3 Å². The number of aliphatic hydroxyl groups is 1. The fourth-order valence-corrected chi connectivity index (χ4v) is 2.83. The van der Waals surface area contributed by atoms with Crippen molar-refractivity contribution in [2.75, 3.05) is 13.2 Å². The standard InChI is InChI=1S/C18H32O3Si/c1-18(2,3)22(4,5)21-15-17(19)12-9-13-20-14-16-10-7-6-8-11-16/h6-8,10-11,17,19H,9,12-15H2,1-5H3/t17-/m0/s1. The summed E-state index contributed by atoms with van der Waals surface area (Å²) in [7, 11) is -1.76. The van der Waals surface area contributed by atoms with Crippen LogP contribution in [-0.2, 0) is 15.8 Å². The van der Waals surface area contributed by atoms with E-state index in [0.717, 1.165) is 12.8 Å².